The maximum Gasteiger partial charge on any atom is 0.245 e. The molecule has 0 saturated carbocycles. The summed E-state index contributed by atoms with van der Waals surface area (Å²) in [5.74, 6) is 5.47. The molecule has 28 heavy (non-hydrogen) atoms. The van der Waals surface area contributed by atoms with Gasteiger partial charge in [-0.1, -0.05) is 17.7 Å². The number of hydrogen-bond acceptors (Lipinski definition) is 10. The molecule has 11 heteroatoms. The predicted molar refractivity (Wildman–Crippen MR) is 102 cm³/mol. The standard InChI is InChI=1S/C17H12ClN7O3/c18-8-2-1-3-9(6-8)20-15-14(21-16-17(22-15)25-28-24-16)13(23-19)11-5-4-10(26)7-12(11)27/h1-7,26-27H,19H2,(H,20,22,25). The molecule has 0 bridgehead atoms. The summed E-state index contributed by atoms with van der Waals surface area (Å²) in [6.07, 6.45) is 0. The van der Waals surface area contributed by atoms with Crippen LogP contribution < -0.4 is 11.2 Å². The molecule has 0 aliphatic rings. The molecule has 0 aliphatic carbocycles. The number of aromatic hydroxyl groups is 2. The lowest BCUT2D eigenvalue weighted by Gasteiger charge is -2.12. The second-order valence-corrected chi connectivity index (χ2v) is 6.08. The minimum atomic E-state index is -0.238. The number of rotatable bonds is 4. The van der Waals surface area contributed by atoms with E-state index in [4.69, 9.17) is 17.4 Å². The summed E-state index contributed by atoms with van der Waals surface area (Å²) in [6.45, 7) is 0. The van der Waals surface area contributed by atoms with E-state index < -0.39 is 0 Å². The number of hydrogen-bond donors (Lipinski definition) is 4. The lowest BCUT2D eigenvalue weighted by molar-refractivity contribution is 0.314. The van der Waals surface area contributed by atoms with Crippen LogP contribution in [0.15, 0.2) is 52.2 Å². The van der Waals surface area contributed by atoms with E-state index in [1.807, 2.05) is 0 Å². The fourth-order valence-corrected chi connectivity index (χ4v) is 2.76. The van der Waals surface area contributed by atoms with E-state index >= 15 is 0 Å². The van der Waals surface area contributed by atoms with Crippen LogP contribution >= 0.6 is 11.6 Å². The van der Waals surface area contributed by atoms with E-state index in [0.717, 1.165) is 6.07 Å². The molecule has 140 valence electrons. The van der Waals surface area contributed by atoms with Gasteiger partial charge in [0.1, 0.15) is 22.9 Å². The van der Waals surface area contributed by atoms with Crippen LogP contribution in [0.25, 0.3) is 11.3 Å². The maximum absolute atomic E-state index is 10.2. The van der Waals surface area contributed by atoms with Crippen LogP contribution in [0.1, 0.15) is 11.3 Å². The molecular formula is C17H12ClN7O3. The van der Waals surface area contributed by atoms with Crippen molar-refractivity contribution in [2.24, 2.45) is 10.9 Å². The minimum Gasteiger partial charge on any atom is -0.508 e. The van der Waals surface area contributed by atoms with Crippen LogP contribution in [0.4, 0.5) is 11.5 Å². The second-order valence-electron chi connectivity index (χ2n) is 5.65. The summed E-state index contributed by atoms with van der Waals surface area (Å²) in [5, 5.41) is 34.5. The first kappa shape index (κ1) is 17.5. The lowest BCUT2D eigenvalue weighted by Crippen LogP contribution is -2.13. The number of phenolic OH excluding ortho intramolecular Hbond substituents is 2. The number of nitrogens with two attached hydrogens (primary N) is 1. The van der Waals surface area contributed by atoms with E-state index in [-0.39, 0.29) is 45.6 Å². The number of fused-ring (bicyclic) bond motifs is 1. The molecule has 0 saturated heterocycles. The van der Waals surface area contributed by atoms with Crippen LogP contribution in [0, 0.1) is 0 Å². The number of nitrogens with one attached hydrogen (secondary N) is 1. The largest absolute Gasteiger partial charge is 0.508 e. The number of halogens is 1. The number of phenols is 2. The Morgan fingerprint density at radius 3 is 2.57 bits per heavy atom. The van der Waals surface area contributed by atoms with Crippen molar-refractivity contribution in [1.29, 1.82) is 0 Å². The van der Waals surface area contributed by atoms with Crippen molar-refractivity contribution in [2.75, 3.05) is 5.32 Å². The zero-order valence-electron chi connectivity index (χ0n) is 14.0. The summed E-state index contributed by atoms with van der Waals surface area (Å²) in [6, 6.07) is 11.0. The average Bonchev–Trinajstić information content (AvgIpc) is 3.11. The highest BCUT2D eigenvalue weighted by molar-refractivity contribution is 6.30. The Kier molecular flexibility index (Phi) is 4.38. The predicted octanol–water partition coefficient (Wildman–Crippen LogP) is 2.53. The Hall–Kier alpha value is -3.92. The van der Waals surface area contributed by atoms with Crippen LogP contribution in [-0.2, 0) is 0 Å². The normalized spacial score (nSPS) is 11.7. The molecule has 0 spiro atoms. The molecule has 0 amide bonds. The first-order valence-corrected chi connectivity index (χ1v) is 8.26. The SMILES string of the molecule is NN=C(c1ccc(O)cc1O)c1nc2nonc2nc1Nc1cccc(Cl)c1. The van der Waals surface area contributed by atoms with Gasteiger partial charge < -0.3 is 21.4 Å². The summed E-state index contributed by atoms with van der Waals surface area (Å²) in [4.78, 5) is 8.71. The van der Waals surface area contributed by atoms with Crippen molar-refractivity contribution < 1.29 is 14.8 Å². The Morgan fingerprint density at radius 2 is 1.86 bits per heavy atom. The molecule has 4 rings (SSSR count). The molecule has 0 aliphatic heterocycles. The topological polar surface area (TPSA) is 156 Å². The first-order valence-electron chi connectivity index (χ1n) is 7.88. The summed E-state index contributed by atoms with van der Waals surface area (Å²) >= 11 is 6.04. The van der Waals surface area contributed by atoms with E-state index in [1.54, 1.807) is 24.3 Å². The monoisotopic (exact) mass is 397 g/mol. The Bertz CT molecular complexity index is 1210. The molecule has 0 unspecified atom stereocenters. The summed E-state index contributed by atoms with van der Waals surface area (Å²) < 4.78 is 4.68. The van der Waals surface area contributed by atoms with Crippen molar-refractivity contribution in [3.63, 3.8) is 0 Å². The molecule has 0 atom stereocenters. The van der Waals surface area contributed by atoms with Gasteiger partial charge in [0, 0.05) is 22.3 Å². The number of aromatic nitrogens is 4. The van der Waals surface area contributed by atoms with Gasteiger partial charge in [0.15, 0.2) is 5.82 Å². The van der Waals surface area contributed by atoms with Gasteiger partial charge in [0.2, 0.25) is 11.3 Å². The number of nitrogens with zero attached hydrogens (tertiary/aromatic N) is 5. The van der Waals surface area contributed by atoms with Gasteiger partial charge >= 0.3 is 0 Å². The number of hydrazone groups is 1. The number of anilines is 2. The van der Waals surface area contributed by atoms with Crippen LogP contribution in [-0.4, -0.2) is 36.2 Å². The Labute approximate surface area is 162 Å². The summed E-state index contributed by atoms with van der Waals surface area (Å²) in [7, 11) is 0. The Balaban J connectivity index is 1.88. The zero-order chi connectivity index (χ0) is 19.7. The van der Waals surface area contributed by atoms with Gasteiger partial charge in [-0.2, -0.15) is 5.10 Å². The van der Waals surface area contributed by atoms with Gasteiger partial charge in [0.05, 0.1) is 0 Å². The second kappa shape index (κ2) is 7.00. The highest BCUT2D eigenvalue weighted by Gasteiger charge is 2.21. The third kappa shape index (κ3) is 3.23. The molecule has 0 fully saturated rings. The van der Waals surface area contributed by atoms with Gasteiger partial charge in [-0.05, 0) is 40.6 Å². The van der Waals surface area contributed by atoms with Gasteiger partial charge in [0.25, 0.3) is 0 Å². The minimum absolute atomic E-state index is 0.111. The molecule has 4 aromatic rings. The van der Waals surface area contributed by atoms with E-state index in [0.29, 0.717) is 10.7 Å². The quantitative estimate of drug-likeness (QED) is 0.231. The van der Waals surface area contributed by atoms with Crippen LogP contribution in [0.2, 0.25) is 5.02 Å². The fraction of sp³-hybridized carbons (Fsp3) is 0. The highest BCUT2D eigenvalue weighted by Crippen LogP contribution is 2.29. The van der Waals surface area contributed by atoms with Crippen LogP contribution in [0.3, 0.4) is 0 Å². The van der Waals surface area contributed by atoms with Crippen molar-refractivity contribution in [1.82, 2.24) is 20.3 Å². The molecule has 2 aromatic heterocycles. The van der Waals surface area contributed by atoms with Crippen molar-refractivity contribution in [2.45, 2.75) is 0 Å². The molecule has 10 nitrogen and oxygen atoms in total. The first-order chi connectivity index (χ1) is 13.5. The van der Waals surface area contributed by atoms with Crippen LogP contribution in [0.5, 0.6) is 11.5 Å². The maximum atomic E-state index is 10.2. The van der Waals surface area contributed by atoms with E-state index in [1.165, 1.54) is 12.1 Å². The average molecular weight is 398 g/mol. The van der Waals surface area contributed by atoms with Crippen molar-refractivity contribution in [3.05, 3.63) is 58.7 Å². The van der Waals surface area contributed by atoms with E-state index in [2.05, 4.69) is 35.3 Å². The van der Waals surface area contributed by atoms with E-state index in [9.17, 15) is 10.2 Å². The third-order valence-corrected chi connectivity index (χ3v) is 4.03. The smallest absolute Gasteiger partial charge is 0.245 e. The summed E-state index contributed by atoms with van der Waals surface area (Å²) in [5.41, 5.74) is 1.46. The van der Waals surface area contributed by atoms with Gasteiger partial charge in [-0.3, -0.25) is 0 Å². The molecule has 5 N–H and O–H groups in total. The fourth-order valence-electron chi connectivity index (χ4n) is 2.57. The molecule has 2 aromatic carbocycles. The molecule has 0 radical (unpaired) electrons. The van der Waals surface area contributed by atoms with Gasteiger partial charge in [-0.15, -0.1) is 0 Å². The number of benzene rings is 2. The molecular weight excluding hydrogens is 386 g/mol. The van der Waals surface area contributed by atoms with Gasteiger partial charge in [-0.25, -0.2) is 14.6 Å². The lowest BCUT2D eigenvalue weighted by atomic mass is 10.1. The van der Waals surface area contributed by atoms with Crippen molar-refractivity contribution >= 4 is 40.1 Å². The Morgan fingerprint density at radius 1 is 1.07 bits per heavy atom. The zero-order valence-corrected chi connectivity index (χ0v) is 14.8. The molecule has 2 heterocycles. The third-order valence-electron chi connectivity index (χ3n) is 3.79. The highest BCUT2D eigenvalue weighted by atomic mass is 35.5. The van der Waals surface area contributed by atoms with Crippen molar-refractivity contribution in [3.8, 4) is 11.5 Å².